The van der Waals surface area contributed by atoms with Gasteiger partial charge in [0.2, 0.25) is 10.0 Å². The van der Waals surface area contributed by atoms with E-state index in [-0.39, 0.29) is 22.3 Å². The highest BCUT2D eigenvalue weighted by molar-refractivity contribution is 7.89. The first-order valence-electron chi connectivity index (χ1n) is 10.3. The number of hydrogen-bond acceptors (Lipinski definition) is 4. The van der Waals surface area contributed by atoms with Crippen molar-refractivity contribution >= 4 is 21.6 Å². The maximum atomic E-state index is 13.1. The van der Waals surface area contributed by atoms with Gasteiger partial charge in [0.1, 0.15) is 4.90 Å². The average molecular weight is 408 g/mol. The van der Waals surface area contributed by atoms with E-state index in [2.05, 4.69) is 31.4 Å². The summed E-state index contributed by atoms with van der Waals surface area (Å²) < 4.78 is 27.6. The molecule has 1 saturated carbocycles. The number of carbonyl (C=O) groups excluding carboxylic acids is 1. The normalized spacial score (nSPS) is 25.4. The molecule has 156 valence electrons. The summed E-state index contributed by atoms with van der Waals surface area (Å²) in [5, 5.41) is 6.09. The molecule has 0 radical (unpaired) electrons. The number of sulfonamides is 1. The molecule has 2 fully saturated rings. The van der Waals surface area contributed by atoms with Gasteiger partial charge in [-0.1, -0.05) is 20.8 Å². The van der Waals surface area contributed by atoms with Crippen LogP contribution >= 0.6 is 0 Å². The van der Waals surface area contributed by atoms with Crippen LogP contribution in [-0.2, 0) is 10.0 Å². The van der Waals surface area contributed by atoms with Gasteiger partial charge in [-0.25, -0.2) is 8.42 Å². The SMILES string of the molecule is CNc1ccc(C(=O)NC2CC(C)CC(C)(C)C2)cc1S(=O)(=O)N1CCCC1. The van der Waals surface area contributed by atoms with Gasteiger partial charge in [0.15, 0.2) is 0 Å². The van der Waals surface area contributed by atoms with Crippen LogP contribution in [-0.4, -0.2) is 44.8 Å². The van der Waals surface area contributed by atoms with Gasteiger partial charge in [-0.3, -0.25) is 4.79 Å². The zero-order valence-electron chi connectivity index (χ0n) is 17.4. The van der Waals surface area contributed by atoms with E-state index >= 15 is 0 Å². The van der Waals surface area contributed by atoms with E-state index in [1.54, 1.807) is 19.2 Å². The van der Waals surface area contributed by atoms with Crippen LogP contribution in [0.15, 0.2) is 23.1 Å². The predicted molar refractivity (Wildman–Crippen MR) is 112 cm³/mol. The second-order valence-electron chi connectivity index (χ2n) is 9.16. The second kappa shape index (κ2) is 8.03. The number of amides is 1. The Kier molecular flexibility index (Phi) is 6.05. The third kappa shape index (κ3) is 4.51. The van der Waals surface area contributed by atoms with Gasteiger partial charge in [0, 0.05) is 31.7 Å². The lowest BCUT2D eigenvalue weighted by atomic mass is 9.70. The first-order chi connectivity index (χ1) is 13.1. The number of benzene rings is 1. The van der Waals surface area contributed by atoms with Crippen LogP contribution in [0.5, 0.6) is 0 Å². The summed E-state index contributed by atoms with van der Waals surface area (Å²) in [6.45, 7) is 7.78. The molecular weight excluding hydrogens is 374 g/mol. The van der Waals surface area contributed by atoms with Crippen LogP contribution in [0.3, 0.4) is 0 Å². The van der Waals surface area contributed by atoms with Crippen molar-refractivity contribution in [1.29, 1.82) is 0 Å². The highest BCUT2D eigenvalue weighted by Gasteiger charge is 2.33. The number of nitrogens with one attached hydrogen (secondary N) is 2. The van der Waals surface area contributed by atoms with Crippen LogP contribution in [0.4, 0.5) is 5.69 Å². The van der Waals surface area contributed by atoms with E-state index in [1.807, 2.05) is 0 Å². The van der Waals surface area contributed by atoms with Crippen molar-refractivity contribution in [2.75, 3.05) is 25.5 Å². The van der Waals surface area contributed by atoms with E-state index in [4.69, 9.17) is 0 Å². The molecule has 2 atom stereocenters. The summed E-state index contributed by atoms with van der Waals surface area (Å²) in [6.07, 6.45) is 4.82. The third-order valence-corrected chi connectivity index (χ3v) is 7.86. The van der Waals surface area contributed by atoms with E-state index in [0.29, 0.717) is 30.3 Å². The lowest BCUT2D eigenvalue weighted by Crippen LogP contribution is -2.43. The Bertz CT molecular complexity index is 829. The molecule has 2 unspecified atom stereocenters. The molecule has 1 aliphatic heterocycles. The van der Waals surface area contributed by atoms with Crippen LogP contribution in [0, 0.1) is 11.3 Å². The van der Waals surface area contributed by atoms with Gasteiger partial charge < -0.3 is 10.6 Å². The fraction of sp³-hybridized carbons (Fsp3) is 0.667. The average Bonchev–Trinajstić information content (AvgIpc) is 3.14. The van der Waals surface area contributed by atoms with Crippen molar-refractivity contribution in [3.63, 3.8) is 0 Å². The molecule has 1 aliphatic carbocycles. The maximum Gasteiger partial charge on any atom is 0.251 e. The minimum atomic E-state index is -3.61. The quantitative estimate of drug-likeness (QED) is 0.783. The Morgan fingerprint density at radius 1 is 1.18 bits per heavy atom. The van der Waals surface area contributed by atoms with E-state index in [9.17, 15) is 13.2 Å². The summed E-state index contributed by atoms with van der Waals surface area (Å²) in [7, 11) is -1.91. The molecule has 6 nitrogen and oxygen atoms in total. The number of anilines is 1. The summed E-state index contributed by atoms with van der Waals surface area (Å²) in [5.41, 5.74) is 1.12. The zero-order valence-corrected chi connectivity index (χ0v) is 18.2. The lowest BCUT2D eigenvalue weighted by Gasteiger charge is -2.39. The number of rotatable bonds is 5. The van der Waals surface area contributed by atoms with Crippen molar-refractivity contribution in [2.24, 2.45) is 11.3 Å². The standard InChI is InChI=1S/C21H33N3O3S/c1-15-11-17(14-21(2,3)13-15)23-20(25)16-7-8-18(22-4)19(12-16)28(26,27)24-9-5-6-10-24/h7-8,12,15,17,22H,5-6,9-11,13-14H2,1-4H3,(H,23,25). The Hall–Kier alpha value is -1.60. The summed E-state index contributed by atoms with van der Waals surface area (Å²) >= 11 is 0. The molecule has 0 bridgehead atoms. The first kappa shape index (κ1) is 21.1. The molecule has 2 N–H and O–H groups in total. The topological polar surface area (TPSA) is 78.5 Å². The summed E-state index contributed by atoms with van der Waals surface area (Å²) in [4.78, 5) is 13.1. The second-order valence-corrected chi connectivity index (χ2v) is 11.1. The molecule has 0 spiro atoms. The molecule has 0 aromatic heterocycles. The molecular formula is C21H33N3O3S. The molecule has 7 heteroatoms. The molecule has 1 heterocycles. The van der Waals surface area contributed by atoms with Gasteiger partial charge in [-0.2, -0.15) is 4.31 Å². The van der Waals surface area contributed by atoms with Gasteiger partial charge in [-0.15, -0.1) is 0 Å². The third-order valence-electron chi connectivity index (χ3n) is 5.92. The molecule has 2 aliphatic rings. The van der Waals surface area contributed by atoms with Crippen molar-refractivity contribution < 1.29 is 13.2 Å². The highest BCUT2D eigenvalue weighted by atomic mass is 32.2. The molecule has 1 saturated heterocycles. The lowest BCUT2D eigenvalue weighted by molar-refractivity contribution is 0.0874. The van der Waals surface area contributed by atoms with Gasteiger partial charge in [0.25, 0.3) is 5.91 Å². The largest absolute Gasteiger partial charge is 0.387 e. The van der Waals surface area contributed by atoms with Crippen LogP contribution < -0.4 is 10.6 Å². The Labute approximate surface area is 169 Å². The minimum absolute atomic E-state index is 0.119. The fourth-order valence-corrected chi connectivity index (χ4v) is 6.62. The van der Waals surface area contributed by atoms with Gasteiger partial charge in [0.05, 0.1) is 5.69 Å². The monoisotopic (exact) mass is 407 g/mol. The predicted octanol–water partition coefficient (Wildman–Crippen LogP) is 3.46. The van der Waals surface area contributed by atoms with Crippen molar-refractivity contribution in [1.82, 2.24) is 9.62 Å². The summed E-state index contributed by atoms with van der Waals surface area (Å²) in [6, 6.07) is 5.02. The molecule has 3 rings (SSSR count). The maximum absolute atomic E-state index is 13.1. The van der Waals surface area contributed by atoms with Crippen LogP contribution in [0.2, 0.25) is 0 Å². The molecule has 1 aromatic rings. The number of carbonyl (C=O) groups is 1. The van der Waals surface area contributed by atoms with E-state index in [1.165, 1.54) is 10.4 Å². The minimum Gasteiger partial charge on any atom is -0.387 e. The number of hydrogen-bond donors (Lipinski definition) is 2. The van der Waals surface area contributed by atoms with Crippen LogP contribution in [0.1, 0.15) is 63.2 Å². The van der Waals surface area contributed by atoms with Crippen molar-refractivity contribution in [2.45, 2.75) is 63.8 Å². The van der Waals surface area contributed by atoms with Gasteiger partial charge >= 0.3 is 0 Å². The molecule has 1 amide bonds. The summed E-state index contributed by atoms with van der Waals surface area (Å²) in [5.74, 6) is 0.363. The molecule has 28 heavy (non-hydrogen) atoms. The zero-order chi connectivity index (χ0) is 20.5. The van der Waals surface area contributed by atoms with Gasteiger partial charge in [-0.05, 0) is 61.6 Å². The van der Waals surface area contributed by atoms with E-state index in [0.717, 1.165) is 32.1 Å². The molecule has 1 aromatic carbocycles. The van der Waals surface area contributed by atoms with Crippen molar-refractivity contribution in [3.8, 4) is 0 Å². The Balaban J connectivity index is 1.83. The smallest absolute Gasteiger partial charge is 0.251 e. The van der Waals surface area contributed by atoms with E-state index < -0.39 is 10.0 Å². The van der Waals surface area contributed by atoms with Crippen molar-refractivity contribution in [3.05, 3.63) is 23.8 Å². The van der Waals surface area contributed by atoms with Crippen LogP contribution in [0.25, 0.3) is 0 Å². The number of nitrogens with zero attached hydrogens (tertiary/aromatic N) is 1. The Morgan fingerprint density at radius 2 is 1.86 bits per heavy atom. The highest BCUT2D eigenvalue weighted by Crippen LogP contribution is 2.38. The first-order valence-corrected chi connectivity index (χ1v) is 11.7. The Morgan fingerprint density at radius 3 is 2.46 bits per heavy atom. The fourth-order valence-electron chi connectivity index (χ4n) is 4.88.